The van der Waals surface area contributed by atoms with E-state index in [0.29, 0.717) is 18.8 Å². The van der Waals surface area contributed by atoms with Gasteiger partial charge in [0.25, 0.3) is 15.9 Å². The number of hydrogen-bond acceptors (Lipinski definition) is 5. The molecule has 0 fully saturated rings. The van der Waals surface area contributed by atoms with Crippen molar-refractivity contribution in [3.05, 3.63) is 71.8 Å². The van der Waals surface area contributed by atoms with E-state index in [2.05, 4.69) is 11.3 Å². The third-order valence-electron chi connectivity index (χ3n) is 4.23. The molecule has 0 saturated heterocycles. The molecule has 0 heterocycles. The quantitative estimate of drug-likeness (QED) is 0.486. The summed E-state index contributed by atoms with van der Waals surface area (Å²) in [6.45, 7) is 9.79. The van der Waals surface area contributed by atoms with Crippen LogP contribution in [0.3, 0.4) is 0 Å². The molecule has 8 heteroatoms. The summed E-state index contributed by atoms with van der Waals surface area (Å²) in [5, 5.41) is 0. The van der Waals surface area contributed by atoms with E-state index in [4.69, 9.17) is 4.74 Å². The molecular weight excluding hydrogens is 404 g/mol. The maximum atomic E-state index is 12.5. The fourth-order valence-corrected chi connectivity index (χ4v) is 3.67. The number of carbonyl (C=O) groups excluding carboxylic acids is 2. The average Bonchev–Trinajstić information content (AvgIpc) is 2.71. The van der Waals surface area contributed by atoms with Crippen LogP contribution in [0, 0.1) is 6.92 Å². The van der Waals surface area contributed by atoms with Gasteiger partial charge in [-0.1, -0.05) is 29.8 Å². The summed E-state index contributed by atoms with van der Waals surface area (Å²) in [4.78, 5) is 25.9. The van der Waals surface area contributed by atoms with Crippen LogP contribution in [0.4, 0.5) is 5.69 Å². The number of benzene rings is 2. The van der Waals surface area contributed by atoms with E-state index < -0.39 is 22.6 Å². The van der Waals surface area contributed by atoms with Crippen molar-refractivity contribution in [3.8, 4) is 0 Å². The summed E-state index contributed by atoms with van der Waals surface area (Å²) in [6, 6.07) is 12.3. The molecule has 0 atom stereocenters. The van der Waals surface area contributed by atoms with Crippen LogP contribution < -0.4 is 4.72 Å². The van der Waals surface area contributed by atoms with Crippen LogP contribution in [0.1, 0.15) is 29.8 Å². The molecule has 7 nitrogen and oxygen atoms in total. The molecule has 160 valence electrons. The number of ether oxygens (including phenoxy) is 1. The SMILES string of the molecule is C=C(C)CN(CC)C(=O)COC(=O)c1ccc(S(=O)(=O)Nc2ccc(C)cc2)cc1. The first-order valence-corrected chi connectivity index (χ1v) is 10.9. The molecule has 1 amide bonds. The Bertz CT molecular complexity index is 1010. The second-order valence-corrected chi connectivity index (χ2v) is 8.62. The topological polar surface area (TPSA) is 92.8 Å². The van der Waals surface area contributed by atoms with Gasteiger partial charge in [0.05, 0.1) is 10.5 Å². The highest BCUT2D eigenvalue weighted by Gasteiger charge is 2.18. The van der Waals surface area contributed by atoms with Crippen molar-refractivity contribution in [2.45, 2.75) is 25.7 Å². The van der Waals surface area contributed by atoms with Crippen molar-refractivity contribution < 1.29 is 22.7 Å². The fourth-order valence-electron chi connectivity index (χ4n) is 2.61. The Morgan fingerprint density at radius 2 is 1.67 bits per heavy atom. The minimum absolute atomic E-state index is 0.00863. The molecule has 2 aromatic rings. The second kappa shape index (κ2) is 10.1. The molecule has 0 spiro atoms. The summed E-state index contributed by atoms with van der Waals surface area (Å²) in [5.74, 6) is -1.03. The lowest BCUT2D eigenvalue weighted by molar-refractivity contribution is -0.133. The van der Waals surface area contributed by atoms with Crippen LogP contribution in [0.2, 0.25) is 0 Å². The van der Waals surface area contributed by atoms with Gasteiger partial charge in [0.15, 0.2) is 6.61 Å². The minimum atomic E-state index is -3.79. The first kappa shape index (κ1) is 23.2. The molecule has 0 radical (unpaired) electrons. The standard InChI is InChI=1S/C22H26N2O5S/c1-5-24(14-16(2)3)21(25)15-29-22(26)18-8-12-20(13-9-18)30(27,28)23-19-10-6-17(4)7-11-19/h6-13,23H,2,5,14-15H2,1,3-4H3. The van der Waals surface area contributed by atoms with Gasteiger partial charge in [-0.3, -0.25) is 9.52 Å². The lowest BCUT2D eigenvalue weighted by Crippen LogP contribution is -2.35. The molecule has 30 heavy (non-hydrogen) atoms. The molecule has 0 aliphatic carbocycles. The molecule has 0 unspecified atom stereocenters. The van der Waals surface area contributed by atoms with E-state index >= 15 is 0 Å². The zero-order valence-corrected chi connectivity index (χ0v) is 18.2. The fraction of sp³-hybridized carbons (Fsp3) is 0.273. The van der Waals surface area contributed by atoms with E-state index in [9.17, 15) is 18.0 Å². The van der Waals surface area contributed by atoms with Gasteiger partial charge in [-0.2, -0.15) is 0 Å². The van der Waals surface area contributed by atoms with Crippen molar-refractivity contribution in [3.63, 3.8) is 0 Å². The van der Waals surface area contributed by atoms with E-state index in [1.54, 1.807) is 24.3 Å². The number of carbonyl (C=O) groups is 2. The van der Waals surface area contributed by atoms with Crippen LogP contribution in [0.15, 0.2) is 65.6 Å². The number of aryl methyl sites for hydroxylation is 1. The zero-order chi connectivity index (χ0) is 22.3. The molecule has 2 rings (SSSR count). The summed E-state index contributed by atoms with van der Waals surface area (Å²) in [6.07, 6.45) is 0. The molecule has 1 N–H and O–H groups in total. The maximum absolute atomic E-state index is 12.5. The number of nitrogens with zero attached hydrogens (tertiary/aromatic N) is 1. The number of amides is 1. The Hall–Kier alpha value is -3.13. The third kappa shape index (κ3) is 6.45. The van der Waals surface area contributed by atoms with E-state index in [1.165, 1.54) is 29.2 Å². The summed E-state index contributed by atoms with van der Waals surface area (Å²) in [7, 11) is -3.79. The van der Waals surface area contributed by atoms with Crippen LogP contribution in [-0.2, 0) is 19.6 Å². The van der Waals surface area contributed by atoms with Crippen molar-refractivity contribution in [2.75, 3.05) is 24.4 Å². The van der Waals surface area contributed by atoms with Crippen molar-refractivity contribution in [1.82, 2.24) is 4.90 Å². The van der Waals surface area contributed by atoms with Crippen LogP contribution in [0.25, 0.3) is 0 Å². The van der Waals surface area contributed by atoms with Gasteiger partial charge in [0.2, 0.25) is 0 Å². The van der Waals surface area contributed by atoms with Gasteiger partial charge >= 0.3 is 5.97 Å². The molecule has 0 aromatic heterocycles. The van der Waals surface area contributed by atoms with E-state index in [0.717, 1.165) is 11.1 Å². The van der Waals surface area contributed by atoms with Gasteiger partial charge < -0.3 is 9.64 Å². The Kier molecular flexibility index (Phi) is 7.77. The number of nitrogens with one attached hydrogen (secondary N) is 1. The molecule has 0 bridgehead atoms. The van der Waals surface area contributed by atoms with Crippen molar-refractivity contribution in [2.24, 2.45) is 0 Å². The number of rotatable bonds is 9. The number of likely N-dealkylation sites (N-methyl/N-ethyl adjacent to an activating group) is 1. The van der Waals surface area contributed by atoms with Crippen molar-refractivity contribution >= 4 is 27.6 Å². The van der Waals surface area contributed by atoms with Gasteiger partial charge in [-0.25, -0.2) is 13.2 Å². The normalized spacial score (nSPS) is 10.9. The number of anilines is 1. The Morgan fingerprint density at radius 1 is 1.07 bits per heavy atom. The molecule has 0 aliphatic heterocycles. The number of sulfonamides is 1. The number of esters is 1. The minimum Gasteiger partial charge on any atom is -0.452 e. The maximum Gasteiger partial charge on any atom is 0.338 e. The summed E-state index contributed by atoms with van der Waals surface area (Å²) in [5.41, 5.74) is 2.44. The van der Waals surface area contributed by atoms with Gasteiger partial charge in [0, 0.05) is 18.8 Å². The highest BCUT2D eigenvalue weighted by atomic mass is 32.2. The third-order valence-corrected chi connectivity index (χ3v) is 5.62. The molecule has 0 aliphatic rings. The van der Waals surface area contributed by atoms with Gasteiger partial charge in [-0.05, 0) is 57.2 Å². The average molecular weight is 431 g/mol. The smallest absolute Gasteiger partial charge is 0.338 e. The zero-order valence-electron chi connectivity index (χ0n) is 17.3. The second-order valence-electron chi connectivity index (χ2n) is 6.94. The predicted molar refractivity (Wildman–Crippen MR) is 116 cm³/mol. The lowest BCUT2D eigenvalue weighted by Gasteiger charge is -2.20. The van der Waals surface area contributed by atoms with Crippen molar-refractivity contribution in [1.29, 1.82) is 0 Å². The Balaban J connectivity index is 2.00. The molecule has 0 saturated carbocycles. The predicted octanol–water partition coefficient (Wildman–Crippen LogP) is 3.38. The van der Waals surface area contributed by atoms with Crippen LogP contribution in [0.5, 0.6) is 0 Å². The summed E-state index contributed by atoms with van der Waals surface area (Å²) < 4.78 is 32.5. The monoisotopic (exact) mass is 430 g/mol. The van der Waals surface area contributed by atoms with Gasteiger partial charge in [0.1, 0.15) is 0 Å². The first-order chi connectivity index (χ1) is 14.1. The molecular formula is C22H26N2O5S. The number of hydrogen-bond donors (Lipinski definition) is 1. The van der Waals surface area contributed by atoms with E-state index in [1.807, 2.05) is 20.8 Å². The highest BCUT2D eigenvalue weighted by Crippen LogP contribution is 2.17. The largest absolute Gasteiger partial charge is 0.452 e. The summed E-state index contributed by atoms with van der Waals surface area (Å²) >= 11 is 0. The lowest BCUT2D eigenvalue weighted by atomic mass is 10.2. The first-order valence-electron chi connectivity index (χ1n) is 9.41. The van der Waals surface area contributed by atoms with Gasteiger partial charge in [-0.15, -0.1) is 0 Å². The Labute approximate surface area is 177 Å². The van der Waals surface area contributed by atoms with E-state index in [-0.39, 0.29) is 16.4 Å². The van der Waals surface area contributed by atoms with Crippen LogP contribution >= 0.6 is 0 Å². The van der Waals surface area contributed by atoms with Crippen LogP contribution in [-0.4, -0.2) is 44.9 Å². The Morgan fingerprint density at radius 3 is 2.20 bits per heavy atom. The molecule has 2 aromatic carbocycles. The highest BCUT2D eigenvalue weighted by molar-refractivity contribution is 7.92.